The number of rotatable bonds is 4. The molecular formula is C14H21N2O5+. The molecule has 1 aliphatic rings. The van der Waals surface area contributed by atoms with E-state index >= 15 is 0 Å². The van der Waals surface area contributed by atoms with Gasteiger partial charge in [0.05, 0.1) is 12.7 Å². The van der Waals surface area contributed by atoms with Crippen molar-refractivity contribution in [2.45, 2.75) is 44.5 Å². The Kier molecular flexibility index (Phi) is 4.89. The van der Waals surface area contributed by atoms with Gasteiger partial charge in [0.15, 0.2) is 18.5 Å². The van der Waals surface area contributed by atoms with E-state index in [-0.39, 0.29) is 18.6 Å². The molecule has 1 fully saturated rings. The molecule has 116 valence electrons. The first-order chi connectivity index (χ1) is 9.93. The van der Waals surface area contributed by atoms with Crippen molar-refractivity contribution in [1.82, 2.24) is 0 Å². The molecule has 7 heteroatoms. The highest BCUT2D eigenvalue weighted by atomic mass is 16.6. The van der Waals surface area contributed by atoms with Gasteiger partial charge in [-0.05, 0) is 19.9 Å². The van der Waals surface area contributed by atoms with Crippen molar-refractivity contribution in [3.8, 4) is 0 Å². The van der Waals surface area contributed by atoms with Crippen molar-refractivity contribution in [3.05, 3.63) is 30.1 Å². The maximum absolute atomic E-state index is 10.00. The standard InChI is InChI=1S/C14H21N2O5/c1-8(2)20-13(15)9-4-3-5-16(6-9)14-12(19)11(18)10(7-17)21-14/h3-6,8,10-12,14-15,17-19H,7H2,1-2H3/q+1. The normalized spacial score (nSPS) is 28.9. The van der Waals surface area contributed by atoms with Crippen LogP contribution in [0.4, 0.5) is 0 Å². The van der Waals surface area contributed by atoms with Gasteiger partial charge in [-0.1, -0.05) is 0 Å². The SMILES string of the molecule is CC(C)OC(=N)c1ccc[n+](C2OC(CO)C(O)C2O)c1. The highest BCUT2D eigenvalue weighted by Gasteiger charge is 2.47. The van der Waals surface area contributed by atoms with Crippen LogP contribution in [-0.4, -0.2) is 52.2 Å². The van der Waals surface area contributed by atoms with Gasteiger partial charge in [-0.3, -0.25) is 5.41 Å². The van der Waals surface area contributed by atoms with Crippen LogP contribution in [0.15, 0.2) is 24.5 Å². The summed E-state index contributed by atoms with van der Waals surface area (Å²) in [5.41, 5.74) is 0.531. The zero-order chi connectivity index (χ0) is 15.6. The van der Waals surface area contributed by atoms with Crippen LogP contribution in [0.25, 0.3) is 0 Å². The van der Waals surface area contributed by atoms with E-state index in [4.69, 9.17) is 20.0 Å². The van der Waals surface area contributed by atoms with Crippen LogP contribution >= 0.6 is 0 Å². The maximum atomic E-state index is 10.00. The largest absolute Gasteiger partial charge is 0.475 e. The van der Waals surface area contributed by atoms with Gasteiger partial charge in [-0.25, -0.2) is 0 Å². The molecule has 7 nitrogen and oxygen atoms in total. The summed E-state index contributed by atoms with van der Waals surface area (Å²) in [6, 6.07) is 3.41. The van der Waals surface area contributed by atoms with Crippen LogP contribution in [0.2, 0.25) is 0 Å². The third-order valence-electron chi connectivity index (χ3n) is 3.25. The monoisotopic (exact) mass is 297 g/mol. The van der Waals surface area contributed by atoms with Gasteiger partial charge < -0.3 is 24.8 Å². The van der Waals surface area contributed by atoms with E-state index in [1.54, 1.807) is 29.1 Å². The van der Waals surface area contributed by atoms with Crippen LogP contribution < -0.4 is 4.57 Å². The zero-order valence-electron chi connectivity index (χ0n) is 12.0. The summed E-state index contributed by atoms with van der Waals surface area (Å²) in [5.74, 6) is 0.0195. The predicted octanol–water partition coefficient (Wildman–Crippen LogP) is -0.664. The van der Waals surface area contributed by atoms with Crippen molar-refractivity contribution < 1.29 is 29.4 Å². The van der Waals surface area contributed by atoms with Gasteiger partial charge in [0, 0.05) is 6.07 Å². The van der Waals surface area contributed by atoms with Crippen LogP contribution in [0.3, 0.4) is 0 Å². The Balaban J connectivity index is 2.20. The predicted molar refractivity (Wildman–Crippen MR) is 72.7 cm³/mol. The summed E-state index contributed by atoms with van der Waals surface area (Å²) in [5, 5.41) is 36.7. The Morgan fingerprint density at radius 3 is 2.71 bits per heavy atom. The lowest BCUT2D eigenvalue weighted by molar-refractivity contribution is -0.765. The second-order valence-electron chi connectivity index (χ2n) is 5.26. The Bertz CT molecular complexity index is 508. The highest BCUT2D eigenvalue weighted by Crippen LogP contribution is 2.25. The fourth-order valence-corrected chi connectivity index (χ4v) is 2.22. The molecule has 0 aromatic carbocycles. The molecule has 1 saturated heterocycles. The quantitative estimate of drug-likeness (QED) is 0.335. The summed E-state index contributed by atoms with van der Waals surface area (Å²) >= 11 is 0. The molecule has 0 radical (unpaired) electrons. The van der Waals surface area contributed by atoms with Gasteiger partial charge in [0.25, 0.3) is 6.23 Å². The summed E-state index contributed by atoms with van der Waals surface area (Å²) in [7, 11) is 0. The first-order valence-electron chi connectivity index (χ1n) is 6.83. The van der Waals surface area contributed by atoms with E-state index in [9.17, 15) is 10.2 Å². The fraction of sp³-hybridized carbons (Fsp3) is 0.571. The van der Waals surface area contributed by atoms with Gasteiger partial charge in [0.2, 0.25) is 5.90 Å². The molecule has 0 amide bonds. The topological polar surface area (TPSA) is 107 Å². The highest BCUT2D eigenvalue weighted by molar-refractivity contribution is 5.90. The average molecular weight is 297 g/mol. The molecule has 0 bridgehead atoms. The number of pyridine rings is 1. The Hall–Kier alpha value is -1.54. The maximum Gasteiger partial charge on any atom is 0.292 e. The number of nitrogens with zero attached hydrogens (tertiary/aromatic N) is 1. The summed E-state index contributed by atoms with van der Waals surface area (Å²) in [6.07, 6.45) is -0.793. The molecule has 4 N–H and O–H groups in total. The third kappa shape index (κ3) is 3.38. The molecule has 1 aromatic rings. The first-order valence-corrected chi connectivity index (χ1v) is 6.83. The summed E-state index contributed by atoms with van der Waals surface area (Å²) in [6.45, 7) is 3.29. The van der Waals surface area contributed by atoms with E-state index in [1.807, 2.05) is 13.8 Å². The van der Waals surface area contributed by atoms with Gasteiger partial charge in [0.1, 0.15) is 17.8 Å². The number of aliphatic hydroxyl groups is 3. The van der Waals surface area contributed by atoms with E-state index in [0.717, 1.165) is 0 Å². The van der Waals surface area contributed by atoms with E-state index in [2.05, 4.69) is 0 Å². The number of aliphatic hydroxyl groups excluding tert-OH is 3. The molecule has 2 heterocycles. The van der Waals surface area contributed by atoms with E-state index in [1.165, 1.54) is 0 Å². The Labute approximate surface area is 122 Å². The molecule has 0 spiro atoms. The molecule has 2 rings (SSSR count). The molecule has 1 aliphatic heterocycles. The van der Waals surface area contributed by atoms with Crippen molar-refractivity contribution in [1.29, 1.82) is 5.41 Å². The lowest BCUT2D eigenvalue weighted by Gasteiger charge is -2.12. The second-order valence-corrected chi connectivity index (χ2v) is 5.26. The molecule has 4 unspecified atom stereocenters. The molecule has 0 saturated carbocycles. The molecular weight excluding hydrogens is 276 g/mol. The Morgan fingerprint density at radius 1 is 1.43 bits per heavy atom. The number of hydrogen-bond acceptors (Lipinski definition) is 6. The molecule has 1 aromatic heterocycles. The number of ether oxygens (including phenoxy) is 2. The van der Waals surface area contributed by atoms with Crippen LogP contribution in [0.5, 0.6) is 0 Å². The van der Waals surface area contributed by atoms with Crippen molar-refractivity contribution in [3.63, 3.8) is 0 Å². The van der Waals surface area contributed by atoms with E-state index in [0.29, 0.717) is 5.56 Å². The summed E-state index contributed by atoms with van der Waals surface area (Å²) < 4.78 is 12.3. The van der Waals surface area contributed by atoms with Crippen molar-refractivity contribution in [2.75, 3.05) is 6.61 Å². The summed E-state index contributed by atoms with van der Waals surface area (Å²) in [4.78, 5) is 0. The minimum atomic E-state index is -1.15. The minimum Gasteiger partial charge on any atom is -0.475 e. The molecule has 4 atom stereocenters. The van der Waals surface area contributed by atoms with Crippen molar-refractivity contribution >= 4 is 5.90 Å². The Morgan fingerprint density at radius 2 is 2.14 bits per heavy atom. The van der Waals surface area contributed by atoms with Crippen LogP contribution in [-0.2, 0) is 9.47 Å². The molecule has 0 aliphatic carbocycles. The van der Waals surface area contributed by atoms with E-state index < -0.39 is 24.5 Å². The fourth-order valence-electron chi connectivity index (χ4n) is 2.22. The van der Waals surface area contributed by atoms with Crippen LogP contribution in [0, 0.1) is 5.41 Å². The molecule has 21 heavy (non-hydrogen) atoms. The second kappa shape index (κ2) is 6.48. The smallest absolute Gasteiger partial charge is 0.292 e. The van der Waals surface area contributed by atoms with Gasteiger partial charge in [-0.2, -0.15) is 4.57 Å². The number of nitrogens with one attached hydrogen (secondary N) is 1. The third-order valence-corrected chi connectivity index (χ3v) is 3.25. The van der Waals surface area contributed by atoms with Crippen molar-refractivity contribution in [2.24, 2.45) is 0 Å². The zero-order valence-corrected chi connectivity index (χ0v) is 12.0. The first kappa shape index (κ1) is 15.8. The lowest BCUT2D eigenvalue weighted by atomic mass is 10.1. The lowest BCUT2D eigenvalue weighted by Crippen LogP contribution is -2.46. The van der Waals surface area contributed by atoms with Crippen LogP contribution in [0.1, 0.15) is 25.6 Å². The van der Waals surface area contributed by atoms with Gasteiger partial charge >= 0.3 is 0 Å². The average Bonchev–Trinajstić information content (AvgIpc) is 2.74. The minimum absolute atomic E-state index is 0.0195. The number of aromatic nitrogens is 1. The van der Waals surface area contributed by atoms with Gasteiger partial charge in [-0.15, -0.1) is 0 Å². The number of hydrogen-bond donors (Lipinski definition) is 4.